The second-order valence-electron chi connectivity index (χ2n) is 5.85. The van der Waals surface area contributed by atoms with Crippen LogP contribution in [0.5, 0.6) is 0 Å². The Kier molecular flexibility index (Phi) is 6.95. The van der Waals surface area contributed by atoms with Gasteiger partial charge in [0.25, 0.3) is 0 Å². The van der Waals surface area contributed by atoms with E-state index in [-0.39, 0.29) is 17.8 Å². The first-order valence-electron chi connectivity index (χ1n) is 8.08. The summed E-state index contributed by atoms with van der Waals surface area (Å²) < 4.78 is 18.8. The SMILES string of the molecule is COCCNC(=O)CN1CCN(C(C)c2ccccc2F)CC1. The lowest BCUT2D eigenvalue weighted by atomic mass is 10.1. The second kappa shape index (κ2) is 8.96. The van der Waals surface area contributed by atoms with E-state index >= 15 is 0 Å². The minimum Gasteiger partial charge on any atom is -0.383 e. The number of amides is 1. The first kappa shape index (κ1) is 17.8. The fourth-order valence-corrected chi connectivity index (χ4v) is 2.87. The predicted octanol–water partition coefficient (Wildman–Crippen LogP) is 1.27. The lowest BCUT2D eigenvalue weighted by molar-refractivity contribution is -0.122. The molecule has 5 nitrogen and oxygen atoms in total. The fourth-order valence-electron chi connectivity index (χ4n) is 2.87. The maximum absolute atomic E-state index is 13.9. The third-order valence-electron chi connectivity index (χ3n) is 4.31. The van der Waals surface area contributed by atoms with Crippen molar-refractivity contribution in [2.24, 2.45) is 0 Å². The van der Waals surface area contributed by atoms with Gasteiger partial charge in [0.05, 0.1) is 13.2 Å². The van der Waals surface area contributed by atoms with Gasteiger partial charge in [-0.25, -0.2) is 4.39 Å². The fraction of sp³-hybridized carbons (Fsp3) is 0.588. The van der Waals surface area contributed by atoms with E-state index in [9.17, 15) is 9.18 Å². The highest BCUT2D eigenvalue weighted by Crippen LogP contribution is 2.23. The van der Waals surface area contributed by atoms with Crippen LogP contribution in [0.25, 0.3) is 0 Å². The molecule has 23 heavy (non-hydrogen) atoms. The number of halogens is 1. The zero-order valence-electron chi connectivity index (χ0n) is 13.9. The van der Waals surface area contributed by atoms with E-state index in [1.807, 2.05) is 19.1 Å². The molecule has 0 saturated carbocycles. The van der Waals surface area contributed by atoms with Crippen molar-refractivity contribution in [3.8, 4) is 0 Å². The highest BCUT2D eigenvalue weighted by atomic mass is 19.1. The molecule has 0 spiro atoms. The van der Waals surface area contributed by atoms with Crippen LogP contribution in [0.15, 0.2) is 24.3 Å². The van der Waals surface area contributed by atoms with Gasteiger partial charge in [0, 0.05) is 51.4 Å². The molecule has 128 valence electrons. The molecule has 6 heteroatoms. The Morgan fingerprint density at radius 1 is 1.30 bits per heavy atom. The number of carbonyl (C=O) groups excluding carboxylic acids is 1. The molecule has 0 radical (unpaired) electrons. The third kappa shape index (κ3) is 5.27. The van der Waals surface area contributed by atoms with Crippen LogP contribution in [-0.2, 0) is 9.53 Å². The van der Waals surface area contributed by atoms with Crippen LogP contribution in [0.3, 0.4) is 0 Å². The summed E-state index contributed by atoms with van der Waals surface area (Å²) >= 11 is 0. The van der Waals surface area contributed by atoms with Crippen LogP contribution in [-0.4, -0.2) is 68.7 Å². The number of nitrogens with one attached hydrogen (secondary N) is 1. The first-order valence-corrected chi connectivity index (χ1v) is 8.08. The average molecular weight is 323 g/mol. The van der Waals surface area contributed by atoms with Gasteiger partial charge in [0.15, 0.2) is 0 Å². The monoisotopic (exact) mass is 323 g/mol. The lowest BCUT2D eigenvalue weighted by Crippen LogP contribution is -2.50. The Morgan fingerprint density at radius 3 is 2.65 bits per heavy atom. The summed E-state index contributed by atoms with van der Waals surface area (Å²) in [5, 5.41) is 2.83. The Balaban J connectivity index is 1.77. The molecule has 1 aliphatic heterocycles. The van der Waals surface area contributed by atoms with Gasteiger partial charge in [0.2, 0.25) is 5.91 Å². The Bertz CT molecular complexity index is 504. The minimum absolute atomic E-state index is 0.0256. The first-order chi connectivity index (χ1) is 11.1. The number of nitrogens with zero attached hydrogens (tertiary/aromatic N) is 2. The number of methoxy groups -OCH3 is 1. The zero-order chi connectivity index (χ0) is 16.7. The van der Waals surface area contributed by atoms with Crippen LogP contribution in [0.1, 0.15) is 18.5 Å². The van der Waals surface area contributed by atoms with Gasteiger partial charge in [-0.3, -0.25) is 14.6 Å². The standard InChI is InChI=1S/C17H26FN3O2/c1-14(15-5-3-4-6-16(15)18)21-10-8-20(9-11-21)13-17(22)19-7-12-23-2/h3-6,14H,7-13H2,1-2H3,(H,19,22). The van der Waals surface area contributed by atoms with Crippen molar-refractivity contribution < 1.29 is 13.9 Å². The number of piperazine rings is 1. The summed E-state index contributed by atoms with van der Waals surface area (Å²) in [7, 11) is 1.61. The average Bonchev–Trinajstić information content (AvgIpc) is 2.56. The van der Waals surface area contributed by atoms with E-state index < -0.39 is 0 Å². The molecule has 1 unspecified atom stereocenters. The Morgan fingerprint density at radius 2 is 2.00 bits per heavy atom. The molecule has 0 aromatic heterocycles. The summed E-state index contributed by atoms with van der Waals surface area (Å²) in [6, 6.07) is 6.98. The number of hydrogen-bond donors (Lipinski definition) is 1. The van der Waals surface area contributed by atoms with Crippen molar-refractivity contribution >= 4 is 5.91 Å². The highest BCUT2D eigenvalue weighted by molar-refractivity contribution is 5.78. The van der Waals surface area contributed by atoms with Gasteiger partial charge in [-0.05, 0) is 13.0 Å². The van der Waals surface area contributed by atoms with Crippen molar-refractivity contribution in [3.05, 3.63) is 35.6 Å². The molecule has 1 saturated heterocycles. The molecule has 1 heterocycles. The zero-order valence-corrected chi connectivity index (χ0v) is 13.9. The molecule has 0 aliphatic carbocycles. The molecular weight excluding hydrogens is 297 g/mol. The normalized spacial score (nSPS) is 17.9. The Labute approximate surface area is 137 Å². The van der Waals surface area contributed by atoms with E-state index in [1.165, 1.54) is 6.07 Å². The van der Waals surface area contributed by atoms with E-state index in [4.69, 9.17) is 4.74 Å². The van der Waals surface area contributed by atoms with Crippen LogP contribution in [0.2, 0.25) is 0 Å². The van der Waals surface area contributed by atoms with Crippen LogP contribution in [0.4, 0.5) is 4.39 Å². The van der Waals surface area contributed by atoms with Gasteiger partial charge >= 0.3 is 0 Å². The molecule has 1 atom stereocenters. The second-order valence-corrected chi connectivity index (χ2v) is 5.85. The highest BCUT2D eigenvalue weighted by Gasteiger charge is 2.24. The Hall–Kier alpha value is -1.50. The van der Waals surface area contributed by atoms with E-state index in [1.54, 1.807) is 13.2 Å². The molecule has 2 rings (SSSR count). The summed E-state index contributed by atoms with van der Waals surface area (Å²) in [5.41, 5.74) is 0.734. The number of rotatable bonds is 7. The number of carbonyl (C=O) groups is 1. The molecule has 1 N–H and O–H groups in total. The number of hydrogen-bond acceptors (Lipinski definition) is 4. The molecule has 1 fully saturated rings. The van der Waals surface area contributed by atoms with E-state index in [0.717, 1.165) is 31.7 Å². The van der Waals surface area contributed by atoms with Gasteiger partial charge in [0.1, 0.15) is 5.82 Å². The maximum Gasteiger partial charge on any atom is 0.234 e. The summed E-state index contributed by atoms with van der Waals surface area (Å²) in [6.45, 7) is 6.81. The van der Waals surface area contributed by atoms with Crippen molar-refractivity contribution in [3.63, 3.8) is 0 Å². The van der Waals surface area contributed by atoms with E-state index in [2.05, 4.69) is 15.1 Å². The minimum atomic E-state index is -0.153. The van der Waals surface area contributed by atoms with Crippen molar-refractivity contribution in [2.45, 2.75) is 13.0 Å². The van der Waals surface area contributed by atoms with Crippen molar-refractivity contribution in [1.29, 1.82) is 0 Å². The topological polar surface area (TPSA) is 44.8 Å². The summed E-state index contributed by atoms with van der Waals surface area (Å²) in [4.78, 5) is 16.2. The molecular formula is C17H26FN3O2. The maximum atomic E-state index is 13.9. The third-order valence-corrected chi connectivity index (χ3v) is 4.31. The summed E-state index contributed by atoms with van der Waals surface area (Å²) in [6.07, 6.45) is 0. The lowest BCUT2D eigenvalue weighted by Gasteiger charge is -2.38. The van der Waals surface area contributed by atoms with Crippen LogP contribution < -0.4 is 5.32 Å². The van der Waals surface area contributed by atoms with E-state index in [0.29, 0.717) is 19.7 Å². The van der Waals surface area contributed by atoms with Crippen molar-refractivity contribution in [1.82, 2.24) is 15.1 Å². The molecule has 1 aromatic carbocycles. The number of benzene rings is 1. The van der Waals surface area contributed by atoms with Gasteiger partial charge in [-0.15, -0.1) is 0 Å². The van der Waals surface area contributed by atoms with Crippen molar-refractivity contribution in [2.75, 3.05) is 53.0 Å². The summed E-state index contributed by atoms with van der Waals surface area (Å²) in [5.74, 6) is -0.127. The largest absolute Gasteiger partial charge is 0.383 e. The smallest absolute Gasteiger partial charge is 0.234 e. The van der Waals surface area contributed by atoms with Gasteiger partial charge < -0.3 is 10.1 Å². The molecule has 1 amide bonds. The molecule has 1 aromatic rings. The predicted molar refractivity (Wildman–Crippen MR) is 87.7 cm³/mol. The van der Waals surface area contributed by atoms with Gasteiger partial charge in [-0.1, -0.05) is 18.2 Å². The molecule has 0 bridgehead atoms. The van der Waals surface area contributed by atoms with Gasteiger partial charge in [-0.2, -0.15) is 0 Å². The van der Waals surface area contributed by atoms with Crippen LogP contribution >= 0.6 is 0 Å². The quantitative estimate of drug-likeness (QED) is 0.768. The number of ether oxygens (including phenoxy) is 1. The van der Waals surface area contributed by atoms with Crippen LogP contribution in [0, 0.1) is 5.82 Å². The molecule has 1 aliphatic rings.